The normalized spacial score (nSPS) is 10.7. The first-order chi connectivity index (χ1) is 12.4. The van der Waals surface area contributed by atoms with Gasteiger partial charge in [-0.05, 0) is 72.4 Å². The van der Waals surface area contributed by atoms with Gasteiger partial charge in [0, 0.05) is 27.8 Å². The van der Waals surface area contributed by atoms with E-state index in [0.29, 0.717) is 17.7 Å². The number of carbonyl (C=O) groups excluding carboxylic acids is 1. The third kappa shape index (κ3) is 4.39. The van der Waals surface area contributed by atoms with E-state index in [4.69, 9.17) is 12.2 Å². The lowest BCUT2D eigenvalue weighted by Crippen LogP contribution is -2.15. The van der Waals surface area contributed by atoms with Crippen LogP contribution in [0.4, 0.5) is 5.69 Å². The summed E-state index contributed by atoms with van der Waals surface area (Å²) in [6.07, 6.45) is 0.317. The van der Waals surface area contributed by atoms with Gasteiger partial charge in [-0.2, -0.15) is 5.10 Å². The van der Waals surface area contributed by atoms with Crippen molar-refractivity contribution >= 4 is 46.4 Å². The van der Waals surface area contributed by atoms with Crippen LogP contribution in [0.2, 0.25) is 0 Å². The Morgan fingerprint density at radius 1 is 1.27 bits per heavy atom. The maximum Gasteiger partial charge on any atom is 0.226 e. The number of anilines is 1. The fourth-order valence-electron chi connectivity index (χ4n) is 2.64. The number of aromatic amines is 1. The quantitative estimate of drug-likeness (QED) is 0.407. The summed E-state index contributed by atoms with van der Waals surface area (Å²) < 4.78 is 3.50. The Labute approximate surface area is 171 Å². The van der Waals surface area contributed by atoms with Crippen molar-refractivity contribution in [3.8, 4) is 11.4 Å². The van der Waals surface area contributed by atoms with Crippen molar-refractivity contribution in [2.24, 2.45) is 0 Å². The monoisotopic (exact) mass is 478 g/mol. The molecular weight excluding hydrogens is 459 g/mol. The summed E-state index contributed by atoms with van der Waals surface area (Å²) in [4.78, 5) is 12.3. The van der Waals surface area contributed by atoms with E-state index in [0.717, 1.165) is 26.2 Å². The van der Waals surface area contributed by atoms with Crippen LogP contribution < -0.4 is 5.32 Å². The Bertz CT molecular complexity index is 1010. The van der Waals surface area contributed by atoms with Crippen LogP contribution in [0.15, 0.2) is 42.5 Å². The molecule has 3 rings (SSSR count). The minimum absolute atomic E-state index is 0.0528. The molecule has 0 aliphatic carbocycles. The Kier molecular flexibility index (Phi) is 5.87. The van der Waals surface area contributed by atoms with Gasteiger partial charge in [-0.3, -0.25) is 14.5 Å². The number of aryl methyl sites for hydroxylation is 2. The van der Waals surface area contributed by atoms with E-state index < -0.39 is 0 Å². The SMILES string of the molecule is Cc1cccc(-c2n[nH]c(=S)n2CCC(=O)Nc2ccc(C)c(I)c2)c1. The summed E-state index contributed by atoms with van der Waals surface area (Å²) in [5.74, 6) is 0.694. The molecule has 1 aromatic heterocycles. The molecule has 5 nitrogen and oxygen atoms in total. The molecule has 26 heavy (non-hydrogen) atoms. The molecule has 0 radical (unpaired) electrons. The van der Waals surface area contributed by atoms with E-state index in [1.54, 1.807) is 0 Å². The van der Waals surface area contributed by atoms with E-state index in [2.05, 4.69) is 44.2 Å². The van der Waals surface area contributed by atoms with Crippen LogP contribution >= 0.6 is 34.8 Å². The highest BCUT2D eigenvalue weighted by Gasteiger charge is 2.11. The molecule has 0 spiro atoms. The summed E-state index contributed by atoms with van der Waals surface area (Å²) in [7, 11) is 0. The first-order valence-electron chi connectivity index (χ1n) is 8.22. The number of amides is 1. The highest BCUT2D eigenvalue weighted by atomic mass is 127. The minimum Gasteiger partial charge on any atom is -0.326 e. The molecule has 0 unspecified atom stereocenters. The predicted molar refractivity (Wildman–Crippen MR) is 115 cm³/mol. The van der Waals surface area contributed by atoms with Crippen LogP contribution in [0.1, 0.15) is 17.5 Å². The van der Waals surface area contributed by atoms with Crippen LogP contribution in [0.25, 0.3) is 11.4 Å². The molecule has 7 heteroatoms. The lowest BCUT2D eigenvalue weighted by atomic mass is 10.1. The predicted octanol–water partition coefficient (Wildman–Crippen LogP) is 4.86. The van der Waals surface area contributed by atoms with Gasteiger partial charge in [0.25, 0.3) is 0 Å². The first-order valence-corrected chi connectivity index (χ1v) is 9.71. The Morgan fingerprint density at radius 3 is 2.81 bits per heavy atom. The van der Waals surface area contributed by atoms with E-state index in [-0.39, 0.29) is 5.91 Å². The number of rotatable bonds is 5. The van der Waals surface area contributed by atoms with E-state index in [9.17, 15) is 4.79 Å². The van der Waals surface area contributed by atoms with Gasteiger partial charge in [0.2, 0.25) is 5.91 Å². The zero-order valence-electron chi connectivity index (χ0n) is 14.5. The lowest BCUT2D eigenvalue weighted by molar-refractivity contribution is -0.116. The maximum atomic E-state index is 12.3. The van der Waals surface area contributed by atoms with Crippen molar-refractivity contribution in [3.63, 3.8) is 0 Å². The highest BCUT2D eigenvalue weighted by Crippen LogP contribution is 2.20. The number of carbonyl (C=O) groups is 1. The van der Waals surface area contributed by atoms with Gasteiger partial charge in [-0.1, -0.05) is 29.8 Å². The van der Waals surface area contributed by atoms with Crippen molar-refractivity contribution < 1.29 is 4.79 Å². The third-order valence-electron chi connectivity index (χ3n) is 4.05. The standard InChI is InChI=1S/C19H19IN4OS/c1-12-4-3-5-14(10-12)18-22-23-19(26)24(18)9-8-17(25)21-15-7-6-13(2)16(20)11-15/h3-7,10-11H,8-9H2,1-2H3,(H,21,25)(H,23,26). The number of nitrogens with zero attached hydrogens (tertiary/aromatic N) is 2. The average Bonchev–Trinajstić information content (AvgIpc) is 2.97. The topological polar surface area (TPSA) is 62.7 Å². The molecule has 0 saturated carbocycles. The summed E-state index contributed by atoms with van der Waals surface area (Å²) in [5.41, 5.74) is 4.12. The number of nitrogens with one attached hydrogen (secondary N) is 2. The average molecular weight is 478 g/mol. The third-order valence-corrected chi connectivity index (χ3v) is 5.53. The molecule has 0 bridgehead atoms. The summed E-state index contributed by atoms with van der Waals surface area (Å²) >= 11 is 7.59. The van der Waals surface area contributed by atoms with Crippen LogP contribution in [0.5, 0.6) is 0 Å². The number of benzene rings is 2. The molecule has 134 valence electrons. The van der Waals surface area contributed by atoms with Crippen molar-refractivity contribution in [2.75, 3.05) is 5.32 Å². The molecular formula is C19H19IN4OS. The fraction of sp³-hybridized carbons (Fsp3) is 0.211. The molecule has 1 heterocycles. The van der Waals surface area contributed by atoms with E-state index in [1.807, 2.05) is 54.8 Å². The Morgan fingerprint density at radius 2 is 2.08 bits per heavy atom. The Hall–Kier alpha value is -2.00. The van der Waals surface area contributed by atoms with Crippen molar-refractivity contribution in [1.82, 2.24) is 14.8 Å². The number of hydrogen-bond acceptors (Lipinski definition) is 3. The van der Waals surface area contributed by atoms with Gasteiger partial charge in [-0.25, -0.2) is 0 Å². The van der Waals surface area contributed by atoms with Crippen LogP contribution in [0.3, 0.4) is 0 Å². The molecule has 1 amide bonds. The van der Waals surface area contributed by atoms with Crippen LogP contribution in [0, 0.1) is 22.2 Å². The van der Waals surface area contributed by atoms with Crippen LogP contribution in [-0.2, 0) is 11.3 Å². The summed E-state index contributed by atoms with van der Waals surface area (Å²) in [6, 6.07) is 13.9. The van der Waals surface area contributed by atoms with Gasteiger partial charge in [-0.15, -0.1) is 0 Å². The van der Waals surface area contributed by atoms with Crippen molar-refractivity contribution in [3.05, 3.63) is 61.9 Å². The molecule has 2 N–H and O–H groups in total. The van der Waals surface area contributed by atoms with Gasteiger partial charge >= 0.3 is 0 Å². The first kappa shape index (κ1) is 18.8. The molecule has 2 aromatic carbocycles. The summed E-state index contributed by atoms with van der Waals surface area (Å²) in [5, 5.41) is 10.1. The van der Waals surface area contributed by atoms with Gasteiger partial charge in [0.15, 0.2) is 10.6 Å². The highest BCUT2D eigenvalue weighted by molar-refractivity contribution is 14.1. The molecule has 0 aliphatic heterocycles. The number of aromatic nitrogens is 3. The largest absolute Gasteiger partial charge is 0.326 e. The molecule has 0 saturated heterocycles. The van der Waals surface area contributed by atoms with Crippen LogP contribution in [-0.4, -0.2) is 20.7 Å². The molecule has 3 aromatic rings. The second-order valence-corrected chi connectivity index (χ2v) is 7.68. The fourth-order valence-corrected chi connectivity index (χ4v) is 3.38. The molecule has 0 atom stereocenters. The van der Waals surface area contributed by atoms with Gasteiger partial charge in [0.1, 0.15) is 0 Å². The maximum absolute atomic E-state index is 12.3. The van der Waals surface area contributed by atoms with E-state index >= 15 is 0 Å². The second kappa shape index (κ2) is 8.13. The number of hydrogen-bond donors (Lipinski definition) is 2. The second-order valence-electron chi connectivity index (χ2n) is 6.14. The van der Waals surface area contributed by atoms with E-state index in [1.165, 1.54) is 5.56 Å². The smallest absolute Gasteiger partial charge is 0.226 e. The van der Waals surface area contributed by atoms with Gasteiger partial charge in [0.05, 0.1) is 0 Å². The van der Waals surface area contributed by atoms with Crippen molar-refractivity contribution in [1.29, 1.82) is 0 Å². The minimum atomic E-state index is -0.0528. The van der Waals surface area contributed by atoms with Gasteiger partial charge < -0.3 is 5.32 Å². The summed E-state index contributed by atoms with van der Waals surface area (Å²) in [6.45, 7) is 4.54. The molecule has 0 aliphatic rings. The Balaban J connectivity index is 1.72. The number of H-pyrrole nitrogens is 1. The molecule has 0 fully saturated rings. The number of halogens is 1. The lowest BCUT2D eigenvalue weighted by Gasteiger charge is -2.09. The van der Waals surface area contributed by atoms with Crippen molar-refractivity contribution in [2.45, 2.75) is 26.8 Å². The zero-order chi connectivity index (χ0) is 18.7. The zero-order valence-corrected chi connectivity index (χ0v) is 17.5.